The van der Waals surface area contributed by atoms with Gasteiger partial charge in [0.05, 0.1) is 28.7 Å². The van der Waals surface area contributed by atoms with E-state index in [9.17, 15) is 8.42 Å². The van der Waals surface area contributed by atoms with E-state index >= 15 is 0 Å². The number of aromatic nitrogens is 1. The SMILES string of the molecule is Cc1nc(Cl)ccc1NS(=O)(=O)c1ccc(C#N)cc1N. The molecule has 108 valence electrons. The van der Waals surface area contributed by atoms with Crippen LogP contribution in [-0.2, 0) is 10.0 Å². The fourth-order valence-corrected chi connectivity index (χ4v) is 3.12. The van der Waals surface area contributed by atoms with Crippen molar-refractivity contribution in [2.24, 2.45) is 0 Å². The Labute approximate surface area is 127 Å². The number of nitrogens with one attached hydrogen (secondary N) is 1. The van der Waals surface area contributed by atoms with Crippen molar-refractivity contribution in [3.05, 3.63) is 46.7 Å². The standard InChI is InChI=1S/C13H11ClN4O2S/c1-8-11(3-5-13(14)17-8)18-21(19,20)12-4-2-9(7-15)6-10(12)16/h2-6,18H,16H2,1H3. The Morgan fingerprint density at radius 3 is 2.62 bits per heavy atom. The molecule has 2 aromatic rings. The zero-order valence-electron chi connectivity index (χ0n) is 11.0. The molecule has 21 heavy (non-hydrogen) atoms. The molecular weight excluding hydrogens is 312 g/mol. The minimum absolute atomic E-state index is 0.00104. The molecule has 0 saturated heterocycles. The molecular formula is C13H11ClN4O2S. The van der Waals surface area contributed by atoms with Gasteiger partial charge in [0.25, 0.3) is 10.0 Å². The van der Waals surface area contributed by atoms with Gasteiger partial charge in [0.2, 0.25) is 0 Å². The van der Waals surface area contributed by atoms with E-state index in [0.29, 0.717) is 11.4 Å². The maximum absolute atomic E-state index is 12.3. The number of nitrogen functional groups attached to an aromatic ring is 1. The van der Waals surface area contributed by atoms with Gasteiger partial charge in [-0.2, -0.15) is 5.26 Å². The van der Waals surface area contributed by atoms with E-state index in [1.54, 1.807) is 6.92 Å². The van der Waals surface area contributed by atoms with Gasteiger partial charge >= 0.3 is 0 Å². The highest BCUT2D eigenvalue weighted by atomic mass is 35.5. The third-order valence-corrected chi connectivity index (χ3v) is 4.37. The average Bonchev–Trinajstić information content (AvgIpc) is 2.41. The molecule has 0 aliphatic carbocycles. The third-order valence-electron chi connectivity index (χ3n) is 2.72. The summed E-state index contributed by atoms with van der Waals surface area (Å²) in [6, 6.07) is 8.87. The molecule has 1 aromatic heterocycles. The van der Waals surface area contributed by atoms with Crippen molar-refractivity contribution in [1.29, 1.82) is 5.26 Å². The lowest BCUT2D eigenvalue weighted by molar-refractivity contribution is 0.601. The maximum Gasteiger partial charge on any atom is 0.264 e. The normalized spacial score (nSPS) is 10.9. The summed E-state index contributed by atoms with van der Waals surface area (Å²) >= 11 is 5.72. The summed E-state index contributed by atoms with van der Waals surface area (Å²) in [7, 11) is -3.87. The molecule has 1 heterocycles. The maximum atomic E-state index is 12.3. The predicted octanol–water partition coefficient (Wildman–Crippen LogP) is 2.30. The van der Waals surface area contributed by atoms with Crippen LogP contribution in [0, 0.1) is 18.3 Å². The summed E-state index contributed by atoms with van der Waals surface area (Å²) in [4.78, 5) is 3.86. The molecule has 3 N–H and O–H groups in total. The highest BCUT2D eigenvalue weighted by Crippen LogP contribution is 2.24. The zero-order chi connectivity index (χ0) is 15.6. The minimum atomic E-state index is -3.87. The lowest BCUT2D eigenvalue weighted by Gasteiger charge is -2.12. The minimum Gasteiger partial charge on any atom is -0.398 e. The number of rotatable bonds is 3. The summed E-state index contributed by atoms with van der Waals surface area (Å²) in [5.74, 6) is 0. The fraction of sp³-hybridized carbons (Fsp3) is 0.0769. The Morgan fingerprint density at radius 1 is 1.33 bits per heavy atom. The molecule has 8 heteroatoms. The fourth-order valence-electron chi connectivity index (χ4n) is 1.70. The number of aryl methyl sites for hydroxylation is 1. The van der Waals surface area contributed by atoms with Crippen LogP contribution in [0.25, 0.3) is 0 Å². The first kappa shape index (κ1) is 15.1. The number of pyridine rings is 1. The van der Waals surface area contributed by atoms with Crippen LogP contribution in [0.3, 0.4) is 0 Å². The topological polar surface area (TPSA) is 109 Å². The molecule has 0 aliphatic rings. The number of nitriles is 1. The molecule has 1 aromatic carbocycles. The molecule has 0 amide bonds. The second kappa shape index (κ2) is 5.60. The van der Waals surface area contributed by atoms with Crippen molar-refractivity contribution < 1.29 is 8.42 Å². The third kappa shape index (κ3) is 3.24. The largest absolute Gasteiger partial charge is 0.398 e. The number of nitrogens with two attached hydrogens (primary N) is 1. The van der Waals surface area contributed by atoms with Crippen LogP contribution in [0.2, 0.25) is 5.15 Å². The number of nitrogens with zero attached hydrogens (tertiary/aromatic N) is 2. The smallest absolute Gasteiger partial charge is 0.264 e. The van der Waals surface area contributed by atoms with Gasteiger partial charge in [-0.25, -0.2) is 13.4 Å². The van der Waals surface area contributed by atoms with E-state index in [1.807, 2.05) is 6.07 Å². The molecule has 0 bridgehead atoms. The van der Waals surface area contributed by atoms with Crippen LogP contribution in [0.4, 0.5) is 11.4 Å². The molecule has 0 unspecified atom stereocenters. The second-order valence-electron chi connectivity index (χ2n) is 4.24. The molecule has 0 radical (unpaired) electrons. The first-order chi connectivity index (χ1) is 9.83. The number of anilines is 2. The summed E-state index contributed by atoms with van der Waals surface area (Å²) in [5.41, 5.74) is 6.73. The van der Waals surface area contributed by atoms with E-state index in [1.165, 1.54) is 30.3 Å². The number of halogens is 1. The van der Waals surface area contributed by atoms with Crippen LogP contribution in [0.5, 0.6) is 0 Å². The lowest BCUT2D eigenvalue weighted by atomic mass is 10.2. The van der Waals surface area contributed by atoms with Gasteiger partial charge in [0, 0.05) is 0 Å². The van der Waals surface area contributed by atoms with Crippen molar-refractivity contribution >= 4 is 33.0 Å². The van der Waals surface area contributed by atoms with Crippen LogP contribution in [0.1, 0.15) is 11.3 Å². The van der Waals surface area contributed by atoms with E-state index in [-0.39, 0.29) is 21.3 Å². The molecule has 0 spiro atoms. The Balaban J connectivity index is 2.41. The number of sulfonamides is 1. The quantitative estimate of drug-likeness (QED) is 0.665. The van der Waals surface area contributed by atoms with E-state index in [2.05, 4.69) is 9.71 Å². The van der Waals surface area contributed by atoms with E-state index in [4.69, 9.17) is 22.6 Å². The summed E-state index contributed by atoms with van der Waals surface area (Å²) in [5, 5.41) is 9.03. The van der Waals surface area contributed by atoms with Gasteiger partial charge < -0.3 is 5.73 Å². The highest BCUT2D eigenvalue weighted by molar-refractivity contribution is 7.92. The van der Waals surface area contributed by atoms with Crippen LogP contribution < -0.4 is 10.5 Å². The molecule has 0 fully saturated rings. The molecule has 0 aliphatic heterocycles. The van der Waals surface area contributed by atoms with Crippen molar-refractivity contribution in [3.8, 4) is 6.07 Å². The monoisotopic (exact) mass is 322 g/mol. The second-order valence-corrected chi connectivity index (χ2v) is 6.27. The number of benzene rings is 1. The Morgan fingerprint density at radius 2 is 2.05 bits per heavy atom. The Hall–Kier alpha value is -2.30. The first-order valence-electron chi connectivity index (χ1n) is 5.79. The van der Waals surface area contributed by atoms with Crippen LogP contribution >= 0.6 is 11.6 Å². The lowest BCUT2D eigenvalue weighted by Crippen LogP contribution is -2.16. The van der Waals surface area contributed by atoms with Crippen molar-refractivity contribution in [2.75, 3.05) is 10.5 Å². The summed E-state index contributed by atoms with van der Waals surface area (Å²) < 4.78 is 27.0. The average molecular weight is 323 g/mol. The van der Waals surface area contributed by atoms with Gasteiger partial charge in [-0.15, -0.1) is 0 Å². The first-order valence-corrected chi connectivity index (χ1v) is 7.65. The van der Waals surface area contributed by atoms with E-state index < -0.39 is 10.0 Å². The Bertz CT molecular complexity index is 844. The summed E-state index contributed by atoms with van der Waals surface area (Å²) in [6.45, 7) is 1.63. The van der Waals surface area contributed by atoms with E-state index in [0.717, 1.165) is 0 Å². The van der Waals surface area contributed by atoms with Crippen molar-refractivity contribution in [3.63, 3.8) is 0 Å². The number of hydrogen-bond acceptors (Lipinski definition) is 5. The predicted molar refractivity (Wildman–Crippen MR) is 80.4 cm³/mol. The molecule has 0 saturated carbocycles. The molecule has 0 atom stereocenters. The van der Waals surface area contributed by atoms with Crippen LogP contribution in [0.15, 0.2) is 35.2 Å². The van der Waals surface area contributed by atoms with Gasteiger partial charge in [0.1, 0.15) is 10.0 Å². The van der Waals surface area contributed by atoms with Gasteiger partial charge in [-0.1, -0.05) is 11.6 Å². The number of hydrogen-bond donors (Lipinski definition) is 2. The molecule has 6 nitrogen and oxygen atoms in total. The molecule has 2 rings (SSSR count). The van der Waals surface area contributed by atoms with Crippen molar-refractivity contribution in [2.45, 2.75) is 11.8 Å². The van der Waals surface area contributed by atoms with Gasteiger partial charge in [0.15, 0.2) is 0 Å². The van der Waals surface area contributed by atoms with Gasteiger partial charge in [-0.05, 0) is 37.3 Å². The summed E-state index contributed by atoms with van der Waals surface area (Å²) in [6.07, 6.45) is 0. The van der Waals surface area contributed by atoms with Crippen LogP contribution in [-0.4, -0.2) is 13.4 Å². The zero-order valence-corrected chi connectivity index (χ0v) is 12.5. The van der Waals surface area contributed by atoms with Crippen molar-refractivity contribution in [1.82, 2.24) is 4.98 Å². The van der Waals surface area contributed by atoms with Gasteiger partial charge in [-0.3, -0.25) is 4.72 Å². The highest BCUT2D eigenvalue weighted by Gasteiger charge is 2.19. The Kier molecular flexibility index (Phi) is 4.02.